The maximum Gasteiger partial charge on any atom is 0.119 e. The second-order valence-corrected chi connectivity index (χ2v) is 21.5. The van der Waals surface area contributed by atoms with Crippen molar-refractivity contribution in [3.63, 3.8) is 0 Å². The Labute approximate surface area is 413 Å². The number of nitrogens with zero attached hydrogens (tertiary/aromatic N) is 3. The van der Waals surface area contributed by atoms with Crippen molar-refractivity contribution in [2.75, 3.05) is 26.7 Å². The average Bonchev–Trinajstić information content (AvgIpc) is 4.02. The number of hydrogen-bond acceptors (Lipinski definition) is 8. The minimum atomic E-state index is 0.255. The SMILES string of the molecule is CC(C)N(CCC(c1cccs1)c1ccccc1O)C(C)C.CN(CCC(c1ccccc1)c1ccccc1O)C1CCC1.Cc1ccc(O)c(C(CCN(C(C)C)C(C)C)c2cccs2)c1. The number of aryl methyl sites for hydroxylation is 1. The smallest absolute Gasteiger partial charge is 0.119 e. The molecule has 1 fully saturated rings. The van der Waals surface area contributed by atoms with Crippen molar-refractivity contribution in [2.45, 2.75) is 149 Å². The molecule has 1 aliphatic rings. The molecule has 362 valence electrons. The lowest BCUT2D eigenvalue weighted by molar-refractivity contribution is 0.156. The Kier molecular flexibility index (Phi) is 21.5. The number of rotatable bonds is 20. The Hall–Kier alpha value is -4.44. The van der Waals surface area contributed by atoms with E-state index >= 15 is 0 Å². The monoisotopic (exact) mass is 944 g/mol. The van der Waals surface area contributed by atoms with Gasteiger partial charge in [-0.15, -0.1) is 22.7 Å². The van der Waals surface area contributed by atoms with Gasteiger partial charge in [-0.05, 0) is 168 Å². The molecule has 8 heteroatoms. The molecule has 0 spiro atoms. The highest BCUT2D eigenvalue weighted by molar-refractivity contribution is 7.10. The zero-order chi connectivity index (χ0) is 48.5. The molecule has 0 radical (unpaired) electrons. The molecular formula is C59H81N3O3S2. The van der Waals surface area contributed by atoms with Crippen LogP contribution in [0.5, 0.6) is 17.2 Å². The quantitative estimate of drug-likeness (QED) is 0.0708. The van der Waals surface area contributed by atoms with Crippen molar-refractivity contribution in [2.24, 2.45) is 0 Å². The van der Waals surface area contributed by atoms with Gasteiger partial charge in [0.25, 0.3) is 0 Å². The molecule has 0 aliphatic heterocycles. The molecule has 0 saturated heterocycles. The van der Waals surface area contributed by atoms with Crippen LogP contribution in [0.2, 0.25) is 0 Å². The van der Waals surface area contributed by atoms with Gasteiger partial charge in [0, 0.05) is 74.4 Å². The van der Waals surface area contributed by atoms with Gasteiger partial charge in [-0.1, -0.05) is 103 Å². The molecule has 67 heavy (non-hydrogen) atoms. The van der Waals surface area contributed by atoms with Gasteiger partial charge < -0.3 is 20.2 Å². The van der Waals surface area contributed by atoms with E-state index in [9.17, 15) is 15.3 Å². The van der Waals surface area contributed by atoms with Gasteiger partial charge in [-0.25, -0.2) is 0 Å². The van der Waals surface area contributed by atoms with Crippen molar-refractivity contribution in [1.82, 2.24) is 14.7 Å². The van der Waals surface area contributed by atoms with E-state index in [-0.39, 0.29) is 17.8 Å². The van der Waals surface area contributed by atoms with Crippen LogP contribution in [-0.4, -0.2) is 86.9 Å². The van der Waals surface area contributed by atoms with E-state index in [0.717, 1.165) is 61.6 Å². The normalized spacial score (nSPS) is 14.3. The number of aromatic hydroxyl groups is 3. The van der Waals surface area contributed by atoms with E-state index in [1.807, 2.05) is 42.5 Å². The van der Waals surface area contributed by atoms with E-state index in [2.05, 4.69) is 162 Å². The Morgan fingerprint density at radius 3 is 1.36 bits per heavy atom. The second kappa shape index (κ2) is 26.9. The molecule has 1 aliphatic carbocycles. The van der Waals surface area contributed by atoms with Crippen LogP contribution in [0.3, 0.4) is 0 Å². The zero-order valence-electron chi connectivity index (χ0n) is 42.2. The third-order valence-electron chi connectivity index (χ3n) is 13.6. The molecule has 3 atom stereocenters. The first-order valence-corrected chi connectivity index (χ1v) is 26.6. The first-order valence-electron chi connectivity index (χ1n) is 24.8. The molecular weight excluding hydrogens is 863 g/mol. The van der Waals surface area contributed by atoms with Crippen LogP contribution < -0.4 is 0 Å². The van der Waals surface area contributed by atoms with Crippen LogP contribution in [0.1, 0.15) is 149 Å². The Morgan fingerprint density at radius 1 is 0.493 bits per heavy atom. The van der Waals surface area contributed by atoms with Gasteiger partial charge in [0.05, 0.1) is 0 Å². The van der Waals surface area contributed by atoms with Crippen LogP contribution in [0.4, 0.5) is 0 Å². The standard InChI is InChI=1S/C20H29NOS.C20H25NO.C19H27NOS/c1-14(2)21(15(3)4)11-10-17(20-7-6-12-23-20)18-13-16(5)8-9-19(18)22;1-21(17-10-7-11-17)15-14-18(16-8-3-2-4-9-16)19-12-5-6-13-20(19)22;1-14(2)20(15(3)4)12-11-17(19-10-7-13-22-19)16-8-5-6-9-18(16)21/h6-9,12-15,17,22H,10-11H2,1-5H3;2-6,8-9,12-13,17-18,22H,7,10-11,14-15H2,1H3;5-10,13-15,17,21H,11-12H2,1-4H3. The van der Waals surface area contributed by atoms with Crippen LogP contribution in [0, 0.1) is 6.92 Å². The number of benzene rings is 4. The Morgan fingerprint density at radius 2 is 0.925 bits per heavy atom. The van der Waals surface area contributed by atoms with Crippen LogP contribution in [0.15, 0.2) is 132 Å². The first-order chi connectivity index (χ1) is 32.2. The summed E-state index contributed by atoms with van der Waals surface area (Å²) in [5, 5.41) is 35.1. The maximum absolute atomic E-state index is 10.4. The van der Waals surface area contributed by atoms with Crippen molar-refractivity contribution in [1.29, 1.82) is 0 Å². The number of phenolic OH excluding ortho intramolecular Hbond substituents is 3. The molecule has 6 aromatic rings. The lowest BCUT2D eigenvalue weighted by atomic mass is 9.86. The molecule has 4 aromatic carbocycles. The molecule has 3 unspecified atom stereocenters. The van der Waals surface area contributed by atoms with E-state index in [1.54, 1.807) is 34.8 Å². The molecule has 2 heterocycles. The molecule has 7 rings (SSSR count). The van der Waals surface area contributed by atoms with Gasteiger partial charge in [-0.3, -0.25) is 9.80 Å². The van der Waals surface area contributed by atoms with Crippen LogP contribution in [-0.2, 0) is 0 Å². The van der Waals surface area contributed by atoms with E-state index in [4.69, 9.17) is 0 Å². The summed E-state index contributed by atoms with van der Waals surface area (Å²) in [7, 11) is 2.23. The predicted octanol–water partition coefficient (Wildman–Crippen LogP) is 14.9. The number of para-hydroxylation sites is 2. The number of hydrogen-bond donors (Lipinski definition) is 3. The molecule has 0 amide bonds. The second-order valence-electron chi connectivity index (χ2n) is 19.6. The van der Waals surface area contributed by atoms with E-state index in [1.165, 1.54) is 40.1 Å². The molecule has 0 bridgehead atoms. The third-order valence-corrected chi connectivity index (χ3v) is 15.6. The summed E-state index contributed by atoms with van der Waals surface area (Å²) in [6, 6.07) is 43.4. The summed E-state index contributed by atoms with van der Waals surface area (Å²) in [6.45, 7) is 23.2. The van der Waals surface area contributed by atoms with Crippen LogP contribution in [0.25, 0.3) is 0 Å². The summed E-state index contributed by atoms with van der Waals surface area (Å²) < 4.78 is 0. The Balaban J connectivity index is 0.000000188. The van der Waals surface area contributed by atoms with Crippen molar-refractivity contribution < 1.29 is 15.3 Å². The number of thiophene rings is 2. The summed E-state index contributed by atoms with van der Waals surface area (Å²) in [5.41, 5.74) is 5.61. The van der Waals surface area contributed by atoms with Crippen molar-refractivity contribution in [3.8, 4) is 17.2 Å². The summed E-state index contributed by atoms with van der Waals surface area (Å²) in [5.74, 6) is 2.00. The predicted molar refractivity (Wildman–Crippen MR) is 288 cm³/mol. The van der Waals surface area contributed by atoms with Gasteiger partial charge in [0.1, 0.15) is 17.2 Å². The highest BCUT2D eigenvalue weighted by Gasteiger charge is 2.26. The fraction of sp³-hybridized carbons (Fsp3) is 0.458. The van der Waals surface area contributed by atoms with Gasteiger partial charge in [0.2, 0.25) is 0 Å². The van der Waals surface area contributed by atoms with Gasteiger partial charge in [-0.2, -0.15) is 0 Å². The largest absolute Gasteiger partial charge is 0.508 e. The van der Waals surface area contributed by atoms with Crippen molar-refractivity contribution >= 4 is 22.7 Å². The highest BCUT2D eigenvalue weighted by atomic mass is 32.1. The van der Waals surface area contributed by atoms with Crippen molar-refractivity contribution in [3.05, 3.63) is 170 Å². The summed E-state index contributed by atoms with van der Waals surface area (Å²) >= 11 is 3.55. The minimum Gasteiger partial charge on any atom is -0.508 e. The van der Waals surface area contributed by atoms with Crippen LogP contribution >= 0.6 is 22.7 Å². The molecule has 3 N–H and O–H groups in total. The summed E-state index contributed by atoms with van der Waals surface area (Å²) in [4.78, 5) is 10.2. The fourth-order valence-electron chi connectivity index (χ4n) is 9.71. The Bertz CT molecular complexity index is 2250. The lowest BCUT2D eigenvalue weighted by Crippen LogP contribution is -2.38. The molecule has 1 saturated carbocycles. The summed E-state index contributed by atoms with van der Waals surface area (Å²) in [6.07, 6.45) is 7.12. The molecule has 2 aromatic heterocycles. The van der Waals surface area contributed by atoms with E-state index < -0.39 is 0 Å². The topological polar surface area (TPSA) is 70.4 Å². The maximum atomic E-state index is 10.4. The van der Waals surface area contributed by atoms with E-state index in [0.29, 0.717) is 41.4 Å². The third kappa shape index (κ3) is 15.8. The van der Waals surface area contributed by atoms with Gasteiger partial charge >= 0.3 is 0 Å². The zero-order valence-corrected chi connectivity index (χ0v) is 43.8. The first kappa shape index (κ1) is 53.5. The lowest BCUT2D eigenvalue weighted by Gasteiger charge is -2.35. The fourth-order valence-corrected chi connectivity index (χ4v) is 11.5. The average molecular weight is 944 g/mol. The number of phenols is 3. The highest BCUT2D eigenvalue weighted by Crippen LogP contribution is 2.39. The minimum absolute atomic E-state index is 0.255. The van der Waals surface area contributed by atoms with Gasteiger partial charge in [0.15, 0.2) is 0 Å². The molecule has 6 nitrogen and oxygen atoms in total.